The second-order valence-corrected chi connectivity index (χ2v) is 6.37. The first-order valence-corrected chi connectivity index (χ1v) is 9.38. The molecule has 1 amide bonds. The maximum Gasteiger partial charge on any atom is 0.227 e. The van der Waals surface area contributed by atoms with Crippen molar-refractivity contribution in [1.82, 2.24) is 15.2 Å². The standard InChI is InChI=1S/C21H29N5O2.HI/c1-5-22-21(26(3)15-17-10-6-7-11-18(17)28-4)23-14-13-20(27)25-19-12-8-9-16(2)24-19;/h6-12H,5,13-15H2,1-4H3,(H,22,23)(H,24,25,27);1H. The molecule has 0 bridgehead atoms. The van der Waals surface area contributed by atoms with Crippen LogP contribution < -0.4 is 15.4 Å². The topological polar surface area (TPSA) is 78.8 Å². The van der Waals surface area contributed by atoms with Crippen LogP contribution in [0.5, 0.6) is 5.75 Å². The third-order valence-electron chi connectivity index (χ3n) is 4.05. The number of anilines is 1. The van der Waals surface area contributed by atoms with Crippen LogP contribution in [0.15, 0.2) is 47.5 Å². The average Bonchev–Trinajstić information content (AvgIpc) is 2.67. The summed E-state index contributed by atoms with van der Waals surface area (Å²) in [6, 6.07) is 13.4. The number of benzene rings is 1. The summed E-state index contributed by atoms with van der Waals surface area (Å²) in [6.07, 6.45) is 0.285. The number of aromatic nitrogens is 1. The minimum absolute atomic E-state index is 0. The predicted octanol–water partition coefficient (Wildman–Crippen LogP) is 3.44. The van der Waals surface area contributed by atoms with E-state index in [2.05, 4.69) is 20.6 Å². The number of pyridine rings is 1. The van der Waals surface area contributed by atoms with E-state index >= 15 is 0 Å². The highest BCUT2D eigenvalue weighted by atomic mass is 127. The zero-order chi connectivity index (χ0) is 20.4. The van der Waals surface area contributed by atoms with Crippen LogP contribution in [-0.2, 0) is 11.3 Å². The number of para-hydroxylation sites is 1. The molecule has 0 saturated carbocycles. The summed E-state index contributed by atoms with van der Waals surface area (Å²) in [6.45, 7) is 5.68. The number of hydrogen-bond donors (Lipinski definition) is 2. The van der Waals surface area contributed by atoms with Crippen LogP contribution >= 0.6 is 24.0 Å². The molecule has 1 aromatic carbocycles. The van der Waals surface area contributed by atoms with Crippen LogP contribution in [0.1, 0.15) is 24.6 Å². The van der Waals surface area contributed by atoms with E-state index in [0.717, 1.165) is 29.5 Å². The molecular weight excluding hydrogens is 481 g/mol. The highest BCUT2D eigenvalue weighted by molar-refractivity contribution is 14.0. The molecule has 8 heteroatoms. The van der Waals surface area contributed by atoms with Crippen molar-refractivity contribution in [2.75, 3.05) is 32.6 Å². The lowest BCUT2D eigenvalue weighted by Gasteiger charge is -2.23. The maximum atomic E-state index is 12.1. The van der Waals surface area contributed by atoms with E-state index in [0.29, 0.717) is 18.9 Å². The van der Waals surface area contributed by atoms with E-state index in [9.17, 15) is 4.79 Å². The van der Waals surface area contributed by atoms with Crippen LogP contribution in [0.25, 0.3) is 0 Å². The molecule has 2 rings (SSSR count). The van der Waals surface area contributed by atoms with Gasteiger partial charge in [0.25, 0.3) is 0 Å². The van der Waals surface area contributed by atoms with Gasteiger partial charge in [0.15, 0.2) is 5.96 Å². The van der Waals surface area contributed by atoms with Gasteiger partial charge in [0, 0.05) is 37.8 Å². The van der Waals surface area contributed by atoms with Crippen LogP contribution in [0, 0.1) is 6.92 Å². The highest BCUT2D eigenvalue weighted by Crippen LogP contribution is 2.18. The van der Waals surface area contributed by atoms with Gasteiger partial charge in [-0.15, -0.1) is 24.0 Å². The summed E-state index contributed by atoms with van der Waals surface area (Å²) < 4.78 is 5.42. The van der Waals surface area contributed by atoms with Crippen LogP contribution in [0.4, 0.5) is 5.82 Å². The van der Waals surface area contributed by atoms with Crippen molar-refractivity contribution >= 4 is 41.7 Å². The number of hydrogen-bond acceptors (Lipinski definition) is 4. The molecule has 0 radical (unpaired) electrons. The number of aryl methyl sites for hydroxylation is 1. The lowest BCUT2D eigenvalue weighted by molar-refractivity contribution is -0.116. The van der Waals surface area contributed by atoms with Crippen molar-refractivity contribution in [3.63, 3.8) is 0 Å². The van der Waals surface area contributed by atoms with E-state index in [4.69, 9.17) is 4.74 Å². The fourth-order valence-corrected chi connectivity index (χ4v) is 2.72. The lowest BCUT2D eigenvalue weighted by atomic mass is 10.2. The number of carbonyl (C=O) groups excluding carboxylic acids is 1. The number of nitrogens with one attached hydrogen (secondary N) is 2. The third kappa shape index (κ3) is 8.26. The summed E-state index contributed by atoms with van der Waals surface area (Å²) in [5, 5.41) is 6.06. The zero-order valence-corrected chi connectivity index (χ0v) is 19.8. The molecule has 29 heavy (non-hydrogen) atoms. The quantitative estimate of drug-likeness (QED) is 0.323. The van der Waals surface area contributed by atoms with Crippen molar-refractivity contribution in [3.8, 4) is 5.75 Å². The number of carbonyl (C=O) groups is 1. The van der Waals surface area contributed by atoms with Gasteiger partial charge in [0.2, 0.25) is 5.91 Å². The SMILES string of the molecule is CCNC(=NCCC(=O)Nc1cccc(C)n1)N(C)Cc1ccccc1OC.I. The molecule has 2 aromatic rings. The van der Waals surface area contributed by atoms with Crippen LogP contribution in [0.2, 0.25) is 0 Å². The lowest BCUT2D eigenvalue weighted by Crippen LogP contribution is -2.38. The smallest absolute Gasteiger partial charge is 0.227 e. The molecule has 0 unspecified atom stereocenters. The Hall–Kier alpha value is -2.36. The summed E-state index contributed by atoms with van der Waals surface area (Å²) in [4.78, 5) is 23.0. The molecule has 1 aromatic heterocycles. The summed E-state index contributed by atoms with van der Waals surface area (Å²) in [5.74, 6) is 2.05. The number of ether oxygens (including phenoxy) is 1. The molecular formula is C21H30IN5O2. The molecule has 0 spiro atoms. The molecule has 0 saturated heterocycles. The van der Waals surface area contributed by atoms with Gasteiger partial charge in [-0.1, -0.05) is 24.3 Å². The first-order chi connectivity index (χ1) is 13.5. The highest BCUT2D eigenvalue weighted by Gasteiger charge is 2.10. The number of amides is 1. The molecule has 0 fully saturated rings. The van der Waals surface area contributed by atoms with Crippen LogP contribution in [0.3, 0.4) is 0 Å². The summed E-state index contributed by atoms with van der Waals surface area (Å²) >= 11 is 0. The second kappa shape index (κ2) is 13.0. The Balaban J connectivity index is 0.00000420. The zero-order valence-electron chi connectivity index (χ0n) is 17.4. The minimum Gasteiger partial charge on any atom is -0.496 e. The number of halogens is 1. The molecule has 0 aliphatic heterocycles. The Labute approximate surface area is 190 Å². The minimum atomic E-state index is -0.106. The molecule has 1 heterocycles. The first-order valence-electron chi connectivity index (χ1n) is 9.38. The monoisotopic (exact) mass is 511 g/mol. The van der Waals surface area contributed by atoms with Gasteiger partial charge < -0.3 is 20.3 Å². The number of methoxy groups -OCH3 is 1. The molecule has 0 aliphatic rings. The molecule has 0 aliphatic carbocycles. The Morgan fingerprint density at radius 1 is 1.21 bits per heavy atom. The van der Waals surface area contributed by atoms with Gasteiger partial charge >= 0.3 is 0 Å². The summed E-state index contributed by atoms with van der Waals surface area (Å²) in [5.41, 5.74) is 1.93. The Morgan fingerprint density at radius 3 is 2.66 bits per heavy atom. The fraction of sp³-hybridized carbons (Fsp3) is 0.381. The third-order valence-corrected chi connectivity index (χ3v) is 4.05. The second-order valence-electron chi connectivity index (χ2n) is 6.37. The van der Waals surface area contributed by atoms with E-state index in [1.54, 1.807) is 13.2 Å². The van der Waals surface area contributed by atoms with Crippen molar-refractivity contribution in [3.05, 3.63) is 53.7 Å². The molecule has 0 atom stereocenters. The number of aliphatic imine (C=N–C) groups is 1. The number of rotatable bonds is 8. The van der Waals surface area contributed by atoms with Crippen molar-refractivity contribution < 1.29 is 9.53 Å². The Kier molecular flexibility index (Phi) is 11.0. The molecule has 158 valence electrons. The van der Waals surface area contributed by atoms with Crippen LogP contribution in [-0.4, -0.2) is 49.0 Å². The number of guanidine groups is 1. The van der Waals surface area contributed by atoms with Gasteiger partial charge in [-0.05, 0) is 32.0 Å². The number of nitrogens with zero attached hydrogens (tertiary/aromatic N) is 3. The van der Waals surface area contributed by atoms with E-state index in [1.807, 2.05) is 62.2 Å². The van der Waals surface area contributed by atoms with E-state index in [-0.39, 0.29) is 36.3 Å². The van der Waals surface area contributed by atoms with Gasteiger partial charge in [0.05, 0.1) is 13.7 Å². The van der Waals surface area contributed by atoms with Crippen molar-refractivity contribution in [2.24, 2.45) is 4.99 Å². The molecule has 2 N–H and O–H groups in total. The summed E-state index contributed by atoms with van der Waals surface area (Å²) in [7, 11) is 3.63. The average molecular weight is 511 g/mol. The first kappa shape index (κ1) is 24.7. The fourth-order valence-electron chi connectivity index (χ4n) is 2.72. The normalized spacial score (nSPS) is 10.7. The predicted molar refractivity (Wildman–Crippen MR) is 128 cm³/mol. The Bertz CT molecular complexity index is 813. The molecule has 7 nitrogen and oxygen atoms in total. The van der Waals surface area contributed by atoms with Crippen molar-refractivity contribution in [2.45, 2.75) is 26.8 Å². The maximum absolute atomic E-state index is 12.1. The van der Waals surface area contributed by atoms with Crippen molar-refractivity contribution in [1.29, 1.82) is 0 Å². The van der Waals surface area contributed by atoms with E-state index in [1.165, 1.54) is 0 Å². The van der Waals surface area contributed by atoms with E-state index < -0.39 is 0 Å². The van der Waals surface area contributed by atoms with Gasteiger partial charge in [-0.25, -0.2) is 4.98 Å². The largest absolute Gasteiger partial charge is 0.496 e. The van der Waals surface area contributed by atoms with Gasteiger partial charge in [0.1, 0.15) is 11.6 Å². The van der Waals surface area contributed by atoms with Gasteiger partial charge in [-0.3, -0.25) is 9.79 Å². The van der Waals surface area contributed by atoms with Gasteiger partial charge in [-0.2, -0.15) is 0 Å². The Morgan fingerprint density at radius 2 is 1.97 bits per heavy atom.